The minimum atomic E-state index is -0.240. The largest absolute Gasteiger partial charge is 0.458 e. The van der Waals surface area contributed by atoms with Crippen molar-refractivity contribution in [2.75, 3.05) is 6.61 Å². The molecule has 0 aromatic heterocycles. The Bertz CT molecular complexity index is 339. The number of carbonyl (C=O) groups is 1. The number of hydrogen-bond acceptors (Lipinski definition) is 2. The molecular formula is C10H8O2. The molecule has 0 atom stereocenters. The summed E-state index contributed by atoms with van der Waals surface area (Å²) in [6.07, 6.45) is 3.74. The van der Waals surface area contributed by atoms with Crippen LogP contribution in [0.5, 0.6) is 0 Å². The molecule has 1 aliphatic rings. The highest BCUT2D eigenvalue weighted by atomic mass is 16.5. The average Bonchev–Trinajstić information content (AvgIpc) is 2.29. The molecule has 0 aliphatic carbocycles. The SMILES string of the molecule is O=C1OCC=Cc2ccccc21. The lowest BCUT2D eigenvalue weighted by Crippen LogP contribution is -2.04. The maximum absolute atomic E-state index is 11.2. The van der Waals surface area contributed by atoms with Crippen LogP contribution < -0.4 is 0 Å². The first-order valence-corrected chi connectivity index (χ1v) is 3.80. The van der Waals surface area contributed by atoms with Crippen LogP contribution in [0.2, 0.25) is 0 Å². The molecule has 0 fully saturated rings. The van der Waals surface area contributed by atoms with Crippen LogP contribution in [0, 0.1) is 0 Å². The van der Waals surface area contributed by atoms with Gasteiger partial charge in [-0.3, -0.25) is 0 Å². The van der Waals surface area contributed by atoms with Crippen LogP contribution in [-0.2, 0) is 4.74 Å². The predicted molar refractivity (Wildman–Crippen MR) is 45.8 cm³/mol. The number of cyclic esters (lactones) is 1. The van der Waals surface area contributed by atoms with Gasteiger partial charge >= 0.3 is 5.97 Å². The zero-order chi connectivity index (χ0) is 8.39. The van der Waals surface area contributed by atoms with Gasteiger partial charge in [-0.05, 0) is 17.7 Å². The molecule has 2 rings (SSSR count). The number of hydrogen-bond donors (Lipinski definition) is 0. The zero-order valence-electron chi connectivity index (χ0n) is 6.49. The van der Waals surface area contributed by atoms with Crippen molar-refractivity contribution in [2.45, 2.75) is 0 Å². The summed E-state index contributed by atoms with van der Waals surface area (Å²) in [5, 5.41) is 0. The Morgan fingerprint density at radius 2 is 2.08 bits per heavy atom. The van der Waals surface area contributed by atoms with E-state index in [1.165, 1.54) is 0 Å². The zero-order valence-corrected chi connectivity index (χ0v) is 6.49. The van der Waals surface area contributed by atoms with Crippen molar-refractivity contribution in [2.24, 2.45) is 0 Å². The molecule has 2 nitrogen and oxygen atoms in total. The molecule has 0 radical (unpaired) electrons. The van der Waals surface area contributed by atoms with E-state index in [0.29, 0.717) is 12.2 Å². The van der Waals surface area contributed by atoms with Gasteiger partial charge in [-0.1, -0.05) is 24.3 Å². The van der Waals surface area contributed by atoms with Crippen molar-refractivity contribution in [3.05, 3.63) is 41.5 Å². The van der Waals surface area contributed by atoms with Crippen LogP contribution in [-0.4, -0.2) is 12.6 Å². The second-order valence-electron chi connectivity index (χ2n) is 2.59. The van der Waals surface area contributed by atoms with Gasteiger partial charge in [-0.15, -0.1) is 0 Å². The normalized spacial score (nSPS) is 14.8. The van der Waals surface area contributed by atoms with E-state index in [0.717, 1.165) is 5.56 Å². The van der Waals surface area contributed by atoms with Crippen LogP contribution >= 0.6 is 0 Å². The summed E-state index contributed by atoms with van der Waals surface area (Å²) in [5.41, 5.74) is 1.58. The summed E-state index contributed by atoms with van der Waals surface area (Å²) in [7, 11) is 0. The third-order valence-corrected chi connectivity index (χ3v) is 1.79. The summed E-state index contributed by atoms with van der Waals surface area (Å²) >= 11 is 0. The molecule has 0 spiro atoms. The molecule has 2 heteroatoms. The Kier molecular flexibility index (Phi) is 1.67. The number of benzene rings is 1. The lowest BCUT2D eigenvalue weighted by atomic mass is 10.1. The fourth-order valence-corrected chi connectivity index (χ4v) is 1.20. The van der Waals surface area contributed by atoms with E-state index >= 15 is 0 Å². The Hall–Kier alpha value is -1.57. The highest BCUT2D eigenvalue weighted by Gasteiger charge is 2.11. The first kappa shape index (κ1) is 7.10. The number of ether oxygens (including phenoxy) is 1. The minimum absolute atomic E-state index is 0.240. The molecule has 12 heavy (non-hydrogen) atoms. The minimum Gasteiger partial charge on any atom is -0.458 e. The van der Waals surface area contributed by atoms with Crippen LogP contribution in [0.3, 0.4) is 0 Å². The Labute approximate surface area is 70.5 Å². The number of fused-ring (bicyclic) bond motifs is 1. The van der Waals surface area contributed by atoms with Gasteiger partial charge in [0.2, 0.25) is 0 Å². The first-order chi connectivity index (χ1) is 5.88. The molecule has 0 amide bonds. The first-order valence-electron chi connectivity index (χ1n) is 3.80. The highest BCUT2D eigenvalue weighted by molar-refractivity contribution is 5.94. The summed E-state index contributed by atoms with van der Waals surface area (Å²) in [4.78, 5) is 11.2. The Morgan fingerprint density at radius 3 is 3.00 bits per heavy atom. The van der Waals surface area contributed by atoms with E-state index < -0.39 is 0 Å². The van der Waals surface area contributed by atoms with Crippen molar-refractivity contribution < 1.29 is 9.53 Å². The van der Waals surface area contributed by atoms with Gasteiger partial charge in [-0.2, -0.15) is 0 Å². The fraction of sp³-hybridized carbons (Fsp3) is 0.100. The summed E-state index contributed by atoms with van der Waals surface area (Å²) < 4.78 is 4.90. The third kappa shape index (κ3) is 1.11. The molecule has 0 saturated heterocycles. The highest BCUT2D eigenvalue weighted by Crippen LogP contribution is 2.14. The molecule has 1 aliphatic heterocycles. The van der Waals surface area contributed by atoms with E-state index in [1.54, 1.807) is 6.07 Å². The van der Waals surface area contributed by atoms with Gasteiger partial charge in [0.05, 0.1) is 5.56 Å². The maximum atomic E-state index is 11.2. The van der Waals surface area contributed by atoms with Crippen molar-refractivity contribution >= 4 is 12.0 Å². The van der Waals surface area contributed by atoms with Gasteiger partial charge in [0.1, 0.15) is 6.61 Å². The molecule has 60 valence electrons. The molecule has 1 aromatic carbocycles. The predicted octanol–water partition coefficient (Wildman–Crippen LogP) is 1.87. The van der Waals surface area contributed by atoms with Crippen molar-refractivity contribution in [1.82, 2.24) is 0 Å². The average molecular weight is 160 g/mol. The van der Waals surface area contributed by atoms with Gasteiger partial charge in [-0.25, -0.2) is 4.79 Å². The Balaban J connectivity index is 2.56. The topological polar surface area (TPSA) is 26.3 Å². The van der Waals surface area contributed by atoms with Gasteiger partial charge in [0, 0.05) is 0 Å². The number of rotatable bonds is 0. The molecule has 1 heterocycles. The van der Waals surface area contributed by atoms with Crippen molar-refractivity contribution in [3.8, 4) is 0 Å². The van der Waals surface area contributed by atoms with Crippen LogP contribution in [0.4, 0.5) is 0 Å². The number of carbonyl (C=O) groups excluding carboxylic acids is 1. The molecular weight excluding hydrogens is 152 g/mol. The molecule has 0 saturated carbocycles. The quantitative estimate of drug-likeness (QED) is 0.541. The summed E-state index contributed by atoms with van der Waals surface area (Å²) in [6, 6.07) is 7.41. The van der Waals surface area contributed by atoms with Crippen LogP contribution in [0.25, 0.3) is 6.08 Å². The van der Waals surface area contributed by atoms with E-state index in [4.69, 9.17) is 4.74 Å². The molecule has 0 bridgehead atoms. The molecule has 0 unspecified atom stereocenters. The second kappa shape index (κ2) is 2.81. The number of esters is 1. The van der Waals surface area contributed by atoms with Gasteiger partial charge in [0.15, 0.2) is 0 Å². The maximum Gasteiger partial charge on any atom is 0.339 e. The second-order valence-corrected chi connectivity index (χ2v) is 2.59. The van der Waals surface area contributed by atoms with Crippen LogP contribution in [0.15, 0.2) is 30.3 Å². The van der Waals surface area contributed by atoms with Crippen molar-refractivity contribution in [3.63, 3.8) is 0 Å². The summed E-state index contributed by atoms with van der Waals surface area (Å²) in [5.74, 6) is -0.240. The molecule has 1 aromatic rings. The monoisotopic (exact) mass is 160 g/mol. The van der Waals surface area contributed by atoms with Gasteiger partial charge in [0.25, 0.3) is 0 Å². The van der Waals surface area contributed by atoms with Gasteiger partial charge < -0.3 is 4.74 Å². The third-order valence-electron chi connectivity index (χ3n) is 1.79. The van der Waals surface area contributed by atoms with E-state index in [1.807, 2.05) is 30.4 Å². The lowest BCUT2D eigenvalue weighted by Gasteiger charge is -2.00. The van der Waals surface area contributed by atoms with E-state index in [-0.39, 0.29) is 5.97 Å². The van der Waals surface area contributed by atoms with E-state index in [9.17, 15) is 4.79 Å². The summed E-state index contributed by atoms with van der Waals surface area (Å²) in [6.45, 7) is 0.369. The fourth-order valence-electron chi connectivity index (χ4n) is 1.20. The van der Waals surface area contributed by atoms with Crippen LogP contribution in [0.1, 0.15) is 15.9 Å². The van der Waals surface area contributed by atoms with Crippen molar-refractivity contribution in [1.29, 1.82) is 0 Å². The Morgan fingerprint density at radius 1 is 1.25 bits per heavy atom. The standard InChI is InChI=1S/C10H8O2/c11-10-9-6-2-1-4-8(9)5-3-7-12-10/h1-6H,7H2. The lowest BCUT2D eigenvalue weighted by molar-refractivity contribution is 0.0552. The van der Waals surface area contributed by atoms with E-state index in [2.05, 4.69) is 0 Å². The smallest absolute Gasteiger partial charge is 0.339 e. The molecule has 0 N–H and O–H groups in total.